The second-order valence-corrected chi connectivity index (χ2v) is 6.20. The average Bonchev–Trinajstić information content (AvgIpc) is 3.26. The Morgan fingerprint density at radius 3 is 2.74 bits per heavy atom. The van der Waals surface area contributed by atoms with Gasteiger partial charge in [0, 0.05) is 12.6 Å². The van der Waals surface area contributed by atoms with Gasteiger partial charge in [0.15, 0.2) is 11.4 Å². The van der Waals surface area contributed by atoms with E-state index in [1.54, 1.807) is 24.6 Å². The maximum atomic E-state index is 12.7. The molecule has 0 aliphatic heterocycles. The Balaban J connectivity index is 0.00000182. The average molecular weight is 414 g/mol. The van der Waals surface area contributed by atoms with Gasteiger partial charge in [0.25, 0.3) is 5.91 Å². The molecule has 0 saturated carbocycles. The lowest BCUT2D eigenvalue weighted by Crippen LogP contribution is -2.25. The largest absolute Gasteiger partial charge is 0.463 e. The molecule has 0 atom stereocenters. The smallest absolute Gasteiger partial charge is 0.252 e. The van der Waals surface area contributed by atoms with Crippen LogP contribution in [-0.2, 0) is 0 Å². The summed E-state index contributed by atoms with van der Waals surface area (Å²) in [5, 5.41) is 8.08. The maximum absolute atomic E-state index is 12.7. The van der Waals surface area contributed by atoms with Gasteiger partial charge >= 0.3 is 0 Å². The number of rotatable bonds is 7. The minimum Gasteiger partial charge on any atom is -0.463 e. The van der Waals surface area contributed by atoms with Crippen molar-refractivity contribution in [3.05, 3.63) is 36.2 Å². The monoisotopic (exact) mass is 413 g/mol. The van der Waals surface area contributed by atoms with Crippen LogP contribution in [0.15, 0.2) is 35.1 Å². The van der Waals surface area contributed by atoms with Crippen LogP contribution in [0.1, 0.15) is 43.1 Å². The standard InChI is InChI=1S/C18H23N5O2.2ClH/c1-12(2)23-17-14(11-21-23)13(18(24)20-8-4-3-7-19)10-15(22-17)16-6-5-9-25-16;;/h5-6,9-12H,3-4,7-8,19H2,1-2H3,(H,20,24);2*1H. The minimum absolute atomic E-state index is 0. The van der Waals surface area contributed by atoms with E-state index in [2.05, 4.69) is 15.4 Å². The molecule has 3 N–H and O–H groups in total. The summed E-state index contributed by atoms with van der Waals surface area (Å²) in [6.45, 7) is 5.27. The van der Waals surface area contributed by atoms with Gasteiger partial charge in [-0.25, -0.2) is 9.67 Å². The molecule has 0 aliphatic carbocycles. The summed E-state index contributed by atoms with van der Waals surface area (Å²) in [4.78, 5) is 17.3. The fourth-order valence-corrected chi connectivity index (χ4v) is 2.70. The zero-order valence-electron chi connectivity index (χ0n) is 15.3. The first-order valence-electron chi connectivity index (χ1n) is 8.52. The van der Waals surface area contributed by atoms with Gasteiger partial charge in [-0.15, -0.1) is 24.8 Å². The lowest BCUT2D eigenvalue weighted by Gasteiger charge is -2.10. The third-order valence-corrected chi connectivity index (χ3v) is 3.99. The van der Waals surface area contributed by atoms with Crippen LogP contribution in [0.25, 0.3) is 22.5 Å². The molecule has 3 rings (SSSR count). The number of carbonyl (C=O) groups excluding carboxylic acids is 1. The van der Waals surface area contributed by atoms with E-state index in [9.17, 15) is 4.79 Å². The summed E-state index contributed by atoms with van der Waals surface area (Å²) in [5.41, 5.74) is 7.34. The molecule has 0 fully saturated rings. The van der Waals surface area contributed by atoms with Crippen LogP contribution in [-0.4, -0.2) is 33.8 Å². The van der Waals surface area contributed by atoms with Crippen molar-refractivity contribution in [2.45, 2.75) is 32.7 Å². The Hall–Kier alpha value is -2.09. The predicted octanol–water partition coefficient (Wildman–Crippen LogP) is 3.58. The first-order chi connectivity index (χ1) is 12.1. The molecular weight excluding hydrogens is 389 g/mol. The molecule has 3 aromatic rings. The van der Waals surface area contributed by atoms with Crippen LogP contribution >= 0.6 is 24.8 Å². The fourth-order valence-electron chi connectivity index (χ4n) is 2.70. The summed E-state index contributed by atoms with van der Waals surface area (Å²) in [6.07, 6.45) is 5.03. The van der Waals surface area contributed by atoms with Crippen LogP contribution < -0.4 is 11.1 Å². The Kier molecular flexibility index (Phi) is 8.75. The van der Waals surface area contributed by atoms with E-state index in [1.165, 1.54) is 0 Å². The molecule has 0 unspecified atom stereocenters. The summed E-state index contributed by atoms with van der Waals surface area (Å²) >= 11 is 0. The lowest BCUT2D eigenvalue weighted by atomic mass is 10.1. The van der Waals surface area contributed by atoms with Crippen molar-refractivity contribution in [2.24, 2.45) is 5.73 Å². The summed E-state index contributed by atoms with van der Waals surface area (Å²) in [7, 11) is 0. The zero-order valence-corrected chi connectivity index (χ0v) is 17.0. The third-order valence-electron chi connectivity index (χ3n) is 3.99. The van der Waals surface area contributed by atoms with Crippen molar-refractivity contribution >= 4 is 41.8 Å². The maximum Gasteiger partial charge on any atom is 0.252 e. The number of furan rings is 1. The first-order valence-corrected chi connectivity index (χ1v) is 8.52. The summed E-state index contributed by atoms with van der Waals surface area (Å²) in [6, 6.07) is 5.52. The van der Waals surface area contributed by atoms with Crippen LogP contribution in [0, 0.1) is 0 Å². The highest BCUT2D eigenvalue weighted by Crippen LogP contribution is 2.26. The van der Waals surface area contributed by atoms with Crippen LogP contribution in [0.3, 0.4) is 0 Å². The Labute approximate surface area is 170 Å². The zero-order chi connectivity index (χ0) is 17.8. The van der Waals surface area contributed by atoms with Crippen molar-refractivity contribution in [3.8, 4) is 11.5 Å². The second-order valence-electron chi connectivity index (χ2n) is 6.20. The van der Waals surface area contributed by atoms with E-state index >= 15 is 0 Å². The minimum atomic E-state index is -0.138. The second kappa shape index (κ2) is 10.3. The number of fused-ring (bicyclic) bond motifs is 1. The molecule has 0 aliphatic rings. The summed E-state index contributed by atoms with van der Waals surface area (Å²) < 4.78 is 7.27. The van der Waals surface area contributed by atoms with Crippen LogP contribution in [0.4, 0.5) is 0 Å². The first kappa shape index (κ1) is 23.0. The number of hydrogen-bond acceptors (Lipinski definition) is 5. The number of nitrogens with two attached hydrogens (primary N) is 1. The molecule has 0 saturated heterocycles. The molecule has 3 heterocycles. The molecule has 7 nitrogen and oxygen atoms in total. The number of nitrogens with zero attached hydrogens (tertiary/aromatic N) is 3. The summed E-state index contributed by atoms with van der Waals surface area (Å²) in [5.74, 6) is 0.483. The normalized spacial score (nSPS) is 10.5. The topological polar surface area (TPSA) is 99.0 Å². The number of pyridine rings is 1. The van der Waals surface area contributed by atoms with Gasteiger partial charge in [-0.05, 0) is 51.4 Å². The highest BCUT2D eigenvalue weighted by Gasteiger charge is 2.19. The predicted molar refractivity (Wildman–Crippen MR) is 111 cm³/mol. The van der Waals surface area contributed by atoms with Crippen LogP contribution in [0.5, 0.6) is 0 Å². The van der Waals surface area contributed by atoms with E-state index in [1.807, 2.05) is 24.6 Å². The Bertz CT molecular complexity index is 862. The van der Waals surface area contributed by atoms with Crippen molar-refractivity contribution in [3.63, 3.8) is 0 Å². The van der Waals surface area contributed by atoms with Gasteiger partial charge in [-0.2, -0.15) is 5.10 Å². The van der Waals surface area contributed by atoms with E-state index in [4.69, 9.17) is 10.2 Å². The number of halogens is 2. The number of aromatic nitrogens is 3. The molecular formula is C18H25Cl2N5O2. The molecule has 0 bridgehead atoms. The van der Waals surface area contributed by atoms with Gasteiger partial charge in [0.1, 0.15) is 5.69 Å². The number of hydrogen-bond donors (Lipinski definition) is 2. The van der Waals surface area contributed by atoms with Gasteiger partial charge in [0.2, 0.25) is 0 Å². The highest BCUT2D eigenvalue weighted by molar-refractivity contribution is 6.06. The lowest BCUT2D eigenvalue weighted by molar-refractivity contribution is 0.0954. The molecule has 0 radical (unpaired) electrons. The van der Waals surface area contributed by atoms with Gasteiger partial charge < -0.3 is 15.5 Å². The highest BCUT2D eigenvalue weighted by atomic mass is 35.5. The quantitative estimate of drug-likeness (QED) is 0.576. The Morgan fingerprint density at radius 1 is 1.33 bits per heavy atom. The van der Waals surface area contributed by atoms with E-state index in [0.29, 0.717) is 35.8 Å². The SMILES string of the molecule is CC(C)n1ncc2c(C(=O)NCCCCN)cc(-c3ccco3)nc21.Cl.Cl. The van der Waals surface area contributed by atoms with Gasteiger partial charge in [-0.1, -0.05) is 0 Å². The number of carbonyl (C=O) groups is 1. The fraction of sp³-hybridized carbons (Fsp3) is 0.389. The number of unbranched alkanes of at least 4 members (excludes halogenated alkanes) is 1. The van der Waals surface area contributed by atoms with E-state index in [0.717, 1.165) is 18.2 Å². The van der Waals surface area contributed by atoms with Crippen molar-refractivity contribution in [2.75, 3.05) is 13.1 Å². The van der Waals surface area contributed by atoms with Crippen molar-refractivity contribution < 1.29 is 9.21 Å². The molecule has 0 spiro atoms. The molecule has 1 amide bonds. The third kappa shape index (κ3) is 5.00. The molecule has 3 aromatic heterocycles. The van der Waals surface area contributed by atoms with Gasteiger partial charge in [0.05, 0.1) is 23.4 Å². The van der Waals surface area contributed by atoms with Crippen molar-refractivity contribution in [1.82, 2.24) is 20.1 Å². The molecule has 27 heavy (non-hydrogen) atoms. The molecule has 148 valence electrons. The van der Waals surface area contributed by atoms with Gasteiger partial charge in [-0.3, -0.25) is 4.79 Å². The van der Waals surface area contributed by atoms with Crippen LogP contribution in [0.2, 0.25) is 0 Å². The number of amides is 1. The molecule has 9 heteroatoms. The van der Waals surface area contributed by atoms with Crippen molar-refractivity contribution in [1.29, 1.82) is 0 Å². The Morgan fingerprint density at radius 2 is 2.11 bits per heavy atom. The van der Waals surface area contributed by atoms with E-state index < -0.39 is 0 Å². The molecule has 0 aromatic carbocycles. The number of nitrogens with one attached hydrogen (secondary N) is 1. The van der Waals surface area contributed by atoms with E-state index in [-0.39, 0.29) is 36.8 Å².